The van der Waals surface area contributed by atoms with Crippen LogP contribution in [0.5, 0.6) is 0 Å². The van der Waals surface area contributed by atoms with Crippen molar-refractivity contribution in [3.8, 4) is 0 Å². The van der Waals surface area contributed by atoms with E-state index in [0.29, 0.717) is 0 Å². The van der Waals surface area contributed by atoms with Gasteiger partial charge in [0.05, 0.1) is 19.2 Å². The third-order valence-electron chi connectivity index (χ3n) is 4.61. The number of aliphatic hydroxyl groups excluding tert-OH is 2. The molecule has 0 aliphatic carbocycles. The monoisotopic (exact) mass is 655 g/mol. The Labute approximate surface area is 229 Å². The van der Waals surface area contributed by atoms with Crippen LogP contribution < -0.4 is 20.9 Å². The van der Waals surface area contributed by atoms with Crippen molar-refractivity contribution in [3.05, 3.63) is 0 Å². The number of carboxylic acids is 1. The molecular weight excluding hydrogens is 640 g/mol. The second-order valence-electron chi connectivity index (χ2n) is 6.72. The number of ether oxygens (including phenoxy) is 3. The lowest BCUT2D eigenvalue weighted by Crippen LogP contribution is -2.65. The summed E-state index contributed by atoms with van der Waals surface area (Å²) in [4.78, 5) is 11.8. The normalized spacial score (nSPS) is 33.4. The van der Waals surface area contributed by atoms with E-state index in [1.807, 2.05) is 0 Å². The van der Waals surface area contributed by atoms with E-state index in [1.165, 1.54) is 0 Å². The number of rotatable bonds is 19. The first-order valence-corrected chi connectivity index (χ1v) is 12.8. The van der Waals surface area contributed by atoms with Crippen LogP contribution in [0, 0.1) is 0 Å². The Morgan fingerprint density at radius 1 is 0.872 bits per heavy atom. The summed E-state index contributed by atoms with van der Waals surface area (Å²) in [5.74, 6) is -2.08. The van der Waals surface area contributed by atoms with E-state index >= 15 is 0 Å². The van der Waals surface area contributed by atoms with Gasteiger partial charge in [-0.05, 0) is 0 Å². The van der Waals surface area contributed by atoms with Gasteiger partial charge in [0.2, 0.25) is 10.4 Å². The van der Waals surface area contributed by atoms with E-state index in [2.05, 4.69) is 32.3 Å². The first-order chi connectivity index (χ1) is 18.6. The van der Waals surface area contributed by atoms with Crippen LogP contribution in [-0.4, -0.2) is 97.5 Å². The topological polar surface area (TPSA) is 327 Å². The zero-order valence-corrected chi connectivity index (χ0v) is 21.5. The fourth-order valence-corrected chi connectivity index (χ4v) is 4.70. The number of aliphatic carboxylic acids is 1. The molecule has 2 aliphatic rings. The van der Waals surface area contributed by atoms with Crippen molar-refractivity contribution in [2.75, 3.05) is 13.2 Å². The molecular formula is C12H15O23S4-5. The zero-order chi connectivity index (χ0) is 29.0. The molecule has 23 nitrogen and oxygen atoms in total. The van der Waals surface area contributed by atoms with E-state index in [1.54, 1.807) is 0 Å². The molecule has 0 bridgehead atoms. The Kier molecular flexibility index (Phi) is 15.8. The highest BCUT2D eigenvalue weighted by atomic mass is 32.3. The number of carbonyl (C=O) groups excluding carboxylic acids is 1. The van der Waals surface area contributed by atoms with Crippen LogP contribution in [0.3, 0.4) is 0 Å². The van der Waals surface area contributed by atoms with Crippen molar-refractivity contribution in [3.63, 3.8) is 0 Å². The number of hydrogen-bond acceptors (Lipinski definition) is 26. The van der Waals surface area contributed by atoms with Crippen LogP contribution >= 0.6 is 37.0 Å². The maximum Gasteiger partial charge on any atom is 0.218 e. The summed E-state index contributed by atoms with van der Waals surface area (Å²) in [7, 11) is -5.69. The Hall–Kier alpha value is -0.290. The van der Waals surface area contributed by atoms with Crippen molar-refractivity contribution in [2.45, 2.75) is 55.1 Å². The van der Waals surface area contributed by atoms with Gasteiger partial charge in [-0.3, -0.25) is 31.8 Å². The minimum atomic E-state index is -5.69. The summed E-state index contributed by atoms with van der Waals surface area (Å²) in [6.07, 6.45) is -17.3. The fraction of sp³-hybridized carbons (Fsp3) is 0.917. The Balaban J connectivity index is 2.40. The molecule has 2 N–H and O–H groups in total. The van der Waals surface area contributed by atoms with Gasteiger partial charge in [0.15, 0.2) is 49.4 Å². The Morgan fingerprint density at radius 3 is 2.00 bits per heavy atom. The van der Waals surface area contributed by atoms with Crippen LogP contribution in [-0.2, 0) is 74.3 Å². The Bertz CT molecular complexity index is 819. The van der Waals surface area contributed by atoms with Gasteiger partial charge in [0, 0.05) is 0 Å². The summed E-state index contributed by atoms with van der Waals surface area (Å²) in [5.41, 5.74) is 0. The average molecular weight is 655 g/mol. The molecule has 2 saturated heterocycles. The molecule has 2 aliphatic heterocycles. The van der Waals surface area contributed by atoms with Crippen LogP contribution in [0.25, 0.3) is 0 Å². The van der Waals surface area contributed by atoms with E-state index in [9.17, 15) is 48.9 Å². The molecule has 0 aromatic heterocycles. The molecule has 0 aromatic carbocycles. The summed E-state index contributed by atoms with van der Waals surface area (Å²) < 4.78 is 81.0. The van der Waals surface area contributed by atoms with Crippen molar-refractivity contribution in [1.29, 1.82) is 0 Å². The molecule has 0 spiro atoms. The second-order valence-corrected chi connectivity index (χ2v) is 9.16. The van der Waals surface area contributed by atoms with Gasteiger partial charge in [-0.15, -0.1) is 13.0 Å². The predicted molar refractivity (Wildman–Crippen MR) is 99.8 cm³/mol. The maximum absolute atomic E-state index is 11.8. The van der Waals surface area contributed by atoms with Crippen molar-refractivity contribution >= 4 is 53.3 Å². The lowest BCUT2D eigenvalue weighted by Gasteiger charge is -2.45. The lowest BCUT2D eigenvalue weighted by atomic mass is 9.98. The van der Waals surface area contributed by atoms with Gasteiger partial charge in [-0.2, -0.15) is 0 Å². The molecule has 9 unspecified atom stereocenters. The van der Waals surface area contributed by atoms with Crippen molar-refractivity contribution in [1.82, 2.24) is 0 Å². The molecule has 2 rings (SSSR count). The standard InChI is InChI=1S/C12H20O23S4/c13-1-3-5(14)6(4(24-3)2-23-36-33-30-17)25-12-10(29-39(20,21)22)8(28-38-35-32-19)7(27-37-34-31-18)9(26-12)11(15)16/h3-10,12-14,17-19H,1-2H2,(H,15,16)(H,20,21,22)/p-5. The average Bonchev–Trinajstić information content (AvgIpc) is 3.17. The van der Waals surface area contributed by atoms with Gasteiger partial charge >= 0.3 is 0 Å². The fourth-order valence-electron chi connectivity index (χ4n) is 3.26. The van der Waals surface area contributed by atoms with E-state index < -0.39 is 84.7 Å². The SMILES string of the molecule is O=C([O-])C1OC(OC2C(COSOO[O-])OC(CO)C2O)C(OS(=O)(=O)[O-])C(OSOO[O-])C1OSOO[O-]. The number of aliphatic hydroxyl groups is 2. The third kappa shape index (κ3) is 10.8. The third-order valence-corrected chi connectivity index (χ3v) is 6.23. The molecule has 39 heavy (non-hydrogen) atoms. The van der Waals surface area contributed by atoms with Crippen LogP contribution in [0.4, 0.5) is 0 Å². The molecule has 0 saturated carbocycles. The smallest absolute Gasteiger partial charge is 0.218 e. The molecule has 27 heteroatoms. The van der Waals surface area contributed by atoms with Gasteiger partial charge in [-0.25, -0.2) is 8.42 Å². The van der Waals surface area contributed by atoms with E-state index in [0.717, 1.165) is 0 Å². The largest absolute Gasteiger partial charge is 0.726 e. The van der Waals surface area contributed by atoms with Crippen LogP contribution in [0.15, 0.2) is 0 Å². The highest BCUT2D eigenvalue weighted by Gasteiger charge is 2.54. The first-order valence-electron chi connectivity index (χ1n) is 9.50. The number of carbonyl (C=O) groups is 1. The molecule has 2 fully saturated rings. The summed E-state index contributed by atoms with van der Waals surface area (Å²) in [6.45, 7) is -1.37. The van der Waals surface area contributed by atoms with Gasteiger partial charge in [-0.1, -0.05) is 0 Å². The quantitative estimate of drug-likeness (QED) is 0.0326. The number of carboxylic acid groups (broad SMARTS) is 1. The van der Waals surface area contributed by atoms with Crippen LogP contribution in [0.2, 0.25) is 0 Å². The molecule has 0 amide bonds. The predicted octanol–water partition coefficient (Wildman–Crippen LogP) is -7.04. The highest BCUT2D eigenvalue weighted by Crippen LogP contribution is 2.36. The Morgan fingerprint density at radius 2 is 1.46 bits per heavy atom. The highest BCUT2D eigenvalue weighted by molar-refractivity contribution is 7.90. The maximum atomic E-state index is 11.8. The minimum Gasteiger partial charge on any atom is -0.726 e. The van der Waals surface area contributed by atoms with Crippen molar-refractivity contribution < 1.29 is 108 Å². The van der Waals surface area contributed by atoms with E-state index in [-0.39, 0.29) is 37.0 Å². The zero-order valence-electron chi connectivity index (χ0n) is 18.2. The lowest BCUT2D eigenvalue weighted by molar-refractivity contribution is -0.778. The summed E-state index contributed by atoms with van der Waals surface area (Å²) in [6, 6.07) is 0. The molecule has 0 aromatic rings. The molecule has 230 valence electrons. The molecule has 9 atom stereocenters. The van der Waals surface area contributed by atoms with Crippen LogP contribution in [0.1, 0.15) is 0 Å². The van der Waals surface area contributed by atoms with Crippen molar-refractivity contribution in [2.24, 2.45) is 0 Å². The van der Waals surface area contributed by atoms with Gasteiger partial charge in [0.1, 0.15) is 42.7 Å². The minimum absolute atomic E-state index is 0.0182. The molecule has 0 radical (unpaired) electrons. The second kappa shape index (κ2) is 17.6. The number of hydrogen-bond donors (Lipinski definition) is 2. The first kappa shape index (κ1) is 34.9. The van der Waals surface area contributed by atoms with Gasteiger partial charge < -0.3 is 54.6 Å². The summed E-state index contributed by atoms with van der Waals surface area (Å²) >= 11 is -0.619. The van der Waals surface area contributed by atoms with Gasteiger partial charge in [0.25, 0.3) is 0 Å². The van der Waals surface area contributed by atoms with E-state index in [4.69, 9.17) is 26.8 Å². The molecule has 2 heterocycles. The summed E-state index contributed by atoms with van der Waals surface area (Å²) in [5, 5.41) is 70.9.